The smallest absolute Gasteiger partial charge is 0.333 e. The van der Waals surface area contributed by atoms with Crippen LogP contribution in [0.2, 0.25) is 0 Å². The molecule has 0 bridgehead atoms. The number of aliphatic hydroxyl groups excluding tert-OH is 1. The minimum absolute atomic E-state index is 0.0198. The van der Waals surface area contributed by atoms with Crippen LogP contribution in [0.4, 0.5) is 0 Å². The first-order chi connectivity index (χ1) is 13.5. The van der Waals surface area contributed by atoms with Gasteiger partial charge < -0.3 is 9.84 Å². The number of ether oxygens (including phenoxy) is 1. The topological polar surface area (TPSA) is 97.7 Å². The summed E-state index contributed by atoms with van der Waals surface area (Å²) >= 11 is 0. The van der Waals surface area contributed by atoms with Gasteiger partial charge in [-0.15, -0.1) is 0 Å². The lowest BCUT2D eigenvalue weighted by Gasteiger charge is -2.27. The number of carbonyl (C=O) groups excluding carboxylic acids is 4. The lowest BCUT2D eigenvalue weighted by molar-refractivity contribution is -0.141. The van der Waals surface area contributed by atoms with Crippen LogP contribution >= 0.6 is 0 Å². The molecule has 6 heteroatoms. The minimum atomic E-state index is -0.744. The minimum Gasteiger partial charge on any atom is -0.507 e. The van der Waals surface area contributed by atoms with E-state index in [9.17, 15) is 24.3 Å². The van der Waals surface area contributed by atoms with Gasteiger partial charge in [0.05, 0.1) is 6.61 Å². The van der Waals surface area contributed by atoms with Gasteiger partial charge in [-0.3, -0.25) is 14.4 Å². The Balaban J connectivity index is 2.13. The summed E-state index contributed by atoms with van der Waals surface area (Å²) in [5.74, 6) is -2.30. The number of esters is 1. The van der Waals surface area contributed by atoms with Crippen molar-refractivity contribution in [1.29, 1.82) is 0 Å². The molecule has 0 aromatic heterocycles. The highest BCUT2D eigenvalue weighted by molar-refractivity contribution is 6.52. The number of fused-ring (bicyclic) bond motifs is 1. The molecule has 1 aliphatic carbocycles. The molecular weight excluding hydrogens is 372 g/mol. The number of carbonyl (C=O) groups is 4. The third kappa shape index (κ3) is 5.38. The Morgan fingerprint density at radius 2 is 1.69 bits per heavy atom. The monoisotopic (exact) mass is 396 g/mol. The zero-order valence-corrected chi connectivity index (χ0v) is 16.9. The molecule has 1 aromatic rings. The summed E-state index contributed by atoms with van der Waals surface area (Å²) in [5.41, 5.74) is 0.152. The number of aliphatic hydroxyl groups is 1. The Kier molecular flexibility index (Phi) is 6.69. The predicted molar refractivity (Wildman–Crippen MR) is 108 cm³/mol. The van der Waals surface area contributed by atoms with Crippen LogP contribution in [0.15, 0.2) is 53.6 Å². The van der Waals surface area contributed by atoms with Crippen LogP contribution in [0.3, 0.4) is 0 Å². The average molecular weight is 396 g/mol. The van der Waals surface area contributed by atoms with Crippen molar-refractivity contribution in [2.75, 3.05) is 6.61 Å². The van der Waals surface area contributed by atoms with Gasteiger partial charge in [0.15, 0.2) is 5.78 Å². The lowest BCUT2D eigenvalue weighted by Crippen LogP contribution is -2.30. The summed E-state index contributed by atoms with van der Waals surface area (Å²) in [6.07, 6.45) is 4.35. The van der Waals surface area contributed by atoms with Gasteiger partial charge in [0.2, 0.25) is 11.6 Å². The molecule has 0 saturated heterocycles. The number of hydrogen-bond acceptors (Lipinski definition) is 6. The van der Waals surface area contributed by atoms with E-state index in [2.05, 4.69) is 0 Å². The maximum Gasteiger partial charge on any atom is 0.333 e. The van der Waals surface area contributed by atoms with Crippen LogP contribution in [0.1, 0.15) is 50.0 Å². The maximum absolute atomic E-state index is 12.5. The quantitative estimate of drug-likeness (QED) is 0.326. The molecule has 0 aliphatic heterocycles. The van der Waals surface area contributed by atoms with Crippen LogP contribution in [0.5, 0.6) is 0 Å². The summed E-state index contributed by atoms with van der Waals surface area (Å²) in [6, 6.07) is 6.40. The molecule has 6 nitrogen and oxygen atoms in total. The summed E-state index contributed by atoms with van der Waals surface area (Å²) in [6.45, 7) is 6.49. The van der Waals surface area contributed by atoms with Crippen LogP contribution in [-0.4, -0.2) is 35.0 Å². The zero-order chi connectivity index (χ0) is 21.8. The molecule has 1 N–H and O–H groups in total. The van der Waals surface area contributed by atoms with E-state index in [1.807, 2.05) is 0 Å². The average Bonchev–Trinajstić information content (AvgIpc) is 2.67. The second-order valence-electron chi connectivity index (χ2n) is 7.77. The molecule has 0 heterocycles. The van der Waals surface area contributed by atoms with E-state index in [0.717, 1.165) is 0 Å². The second-order valence-corrected chi connectivity index (χ2v) is 7.77. The van der Waals surface area contributed by atoms with Crippen molar-refractivity contribution in [3.63, 3.8) is 0 Å². The molecule has 0 saturated carbocycles. The van der Waals surface area contributed by atoms with Crippen molar-refractivity contribution in [3.05, 3.63) is 64.8 Å². The Labute approximate surface area is 169 Å². The molecule has 152 valence electrons. The lowest BCUT2D eigenvalue weighted by atomic mass is 9.79. The van der Waals surface area contributed by atoms with E-state index in [1.54, 1.807) is 39.0 Å². The van der Waals surface area contributed by atoms with Gasteiger partial charge in [0.1, 0.15) is 5.76 Å². The highest BCUT2D eigenvalue weighted by atomic mass is 16.5. The Hall–Kier alpha value is -3.28. The maximum atomic E-state index is 12.5. The Morgan fingerprint density at radius 1 is 1.07 bits per heavy atom. The number of rotatable bonds is 7. The SMILES string of the molecule is CC(=O)/C=C/C=C(\C)C(=O)OCC(C)(C)CC1=C(O)c2ccccc2C(=O)C1=O. The van der Waals surface area contributed by atoms with Crippen LogP contribution in [0.25, 0.3) is 5.76 Å². The molecule has 0 atom stereocenters. The molecule has 0 amide bonds. The van der Waals surface area contributed by atoms with E-state index < -0.39 is 23.0 Å². The first-order valence-electron chi connectivity index (χ1n) is 9.16. The van der Waals surface area contributed by atoms with Crippen LogP contribution in [0, 0.1) is 5.41 Å². The fourth-order valence-corrected chi connectivity index (χ4v) is 2.88. The molecule has 29 heavy (non-hydrogen) atoms. The predicted octanol–water partition coefficient (Wildman–Crippen LogP) is 3.77. The highest BCUT2D eigenvalue weighted by Crippen LogP contribution is 2.35. The van der Waals surface area contributed by atoms with Gasteiger partial charge in [-0.1, -0.05) is 50.3 Å². The van der Waals surface area contributed by atoms with Gasteiger partial charge in [-0.2, -0.15) is 0 Å². The third-order valence-electron chi connectivity index (χ3n) is 4.44. The van der Waals surface area contributed by atoms with Crippen molar-refractivity contribution in [3.8, 4) is 0 Å². The highest BCUT2D eigenvalue weighted by Gasteiger charge is 2.36. The van der Waals surface area contributed by atoms with E-state index in [4.69, 9.17) is 4.74 Å². The van der Waals surface area contributed by atoms with Crippen molar-refractivity contribution < 1.29 is 29.0 Å². The van der Waals surface area contributed by atoms with Crippen molar-refractivity contribution >= 4 is 29.1 Å². The van der Waals surface area contributed by atoms with E-state index in [1.165, 1.54) is 31.2 Å². The number of benzene rings is 1. The normalized spacial score (nSPS) is 15.0. The van der Waals surface area contributed by atoms with Crippen LogP contribution in [-0.2, 0) is 19.1 Å². The van der Waals surface area contributed by atoms with E-state index in [-0.39, 0.29) is 35.7 Å². The molecule has 1 aromatic carbocycles. The van der Waals surface area contributed by atoms with Crippen LogP contribution < -0.4 is 0 Å². The molecule has 0 fully saturated rings. The molecule has 0 spiro atoms. The van der Waals surface area contributed by atoms with Gasteiger partial charge in [0.25, 0.3) is 0 Å². The first kappa shape index (κ1) is 22.0. The largest absolute Gasteiger partial charge is 0.507 e. The summed E-state index contributed by atoms with van der Waals surface area (Å²) < 4.78 is 5.31. The van der Waals surface area contributed by atoms with Gasteiger partial charge in [-0.05, 0) is 26.3 Å². The summed E-state index contributed by atoms with van der Waals surface area (Å²) in [5, 5.41) is 10.5. The Morgan fingerprint density at radius 3 is 2.31 bits per heavy atom. The summed E-state index contributed by atoms with van der Waals surface area (Å²) in [4.78, 5) is 47.8. The molecule has 2 rings (SSSR count). The van der Waals surface area contributed by atoms with E-state index >= 15 is 0 Å². The Bertz CT molecular complexity index is 959. The molecule has 0 radical (unpaired) electrons. The molecular formula is C23H24O6. The number of ketones is 3. The zero-order valence-electron chi connectivity index (χ0n) is 16.9. The van der Waals surface area contributed by atoms with Gasteiger partial charge in [-0.25, -0.2) is 4.79 Å². The fourth-order valence-electron chi connectivity index (χ4n) is 2.88. The second kappa shape index (κ2) is 8.82. The van der Waals surface area contributed by atoms with E-state index in [0.29, 0.717) is 11.1 Å². The summed E-state index contributed by atoms with van der Waals surface area (Å²) in [7, 11) is 0. The number of allylic oxidation sites excluding steroid dienone is 4. The standard InChI is InChI=1S/C23H24O6/c1-14(8-7-9-15(2)24)22(28)29-13-23(3,4)12-18-19(25)16-10-5-6-11-17(16)20(26)21(18)27/h5-11,25H,12-13H2,1-4H3/b9-7+,14-8+. The van der Waals surface area contributed by atoms with Crippen molar-refractivity contribution in [2.45, 2.75) is 34.1 Å². The fraction of sp³-hybridized carbons (Fsp3) is 0.304. The third-order valence-corrected chi connectivity index (χ3v) is 4.44. The van der Waals surface area contributed by atoms with Crippen molar-refractivity contribution in [1.82, 2.24) is 0 Å². The van der Waals surface area contributed by atoms with Gasteiger partial charge >= 0.3 is 5.97 Å². The number of Topliss-reactive ketones (excluding diaryl/α,β-unsaturated/α-hetero) is 2. The van der Waals surface area contributed by atoms with Gasteiger partial charge in [0, 0.05) is 27.7 Å². The number of hydrogen-bond donors (Lipinski definition) is 1. The van der Waals surface area contributed by atoms with Crippen molar-refractivity contribution in [2.24, 2.45) is 5.41 Å². The first-order valence-corrected chi connectivity index (χ1v) is 9.16. The molecule has 0 unspecified atom stereocenters. The molecule has 1 aliphatic rings.